The van der Waals surface area contributed by atoms with Crippen molar-refractivity contribution in [2.45, 2.75) is 25.9 Å². The van der Waals surface area contributed by atoms with Gasteiger partial charge in [0.25, 0.3) is 0 Å². The average Bonchev–Trinajstić information content (AvgIpc) is 3.24. The fourth-order valence-electron chi connectivity index (χ4n) is 4.39. The van der Waals surface area contributed by atoms with Crippen molar-refractivity contribution >= 4 is 18.2 Å². The molecule has 0 atom stereocenters. The zero-order valence-corrected chi connectivity index (χ0v) is 18.2. The van der Waals surface area contributed by atoms with Crippen molar-refractivity contribution in [1.82, 2.24) is 20.1 Å². The van der Waals surface area contributed by atoms with E-state index in [0.717, 1.165) is 65.4 Å². The number of rotatable bonds is 3. The van der Waals surface area contributed by atoms with Gasteiger partial charge in [-0.15, -0.1) is 12.4 Å². The minimum atomic E-state index is 0. The first-order chi connectivity index (χ1) is 14.6. The molecule has 9 heteroatoms. The number of nitrogens with two attached hydrogens (primary N) is 1. The lowest BCUT2D eigenvalue weighted by atomic mass is 9.97. The van der Waals surface area contributed by atoms with Crippen LogP contribution in [0.5, 0.6) is 11.5 Å². The Bertz CT molecular complexity index is 1190. The third-order valence-electron chi connectivity index (χ3n) is 5.82. The van der Waals surface area contributed by atoms with E-state index in [1.807, 2.05) is 16.8 Å². The molecule has 0 amide bonds. The molecule has 3 N–H and O–H groups in total. The Morgan fingerprint density at radius 1 is 1.19 bits per heavy atom. The van der Waals surface area contributed by atoms with Gasteiger partial charge >= 0.3 is 0 Å². The SMILES string of the molecule is COc1cc2c(cc1OC)-c1nc(N)c(C#N)c(-c3cc4n(n3)CCCNC4)c1C2.Cl. The number of aromatic nitrogens is 3. The number of benzene rings is 1. The summed E-state index contributed by atoms with van der Waals surface area (Å²) < 4.78 is 13.0. The molecular formula is C22H23ClN6O2. The predicted octanol–water partition coefficient (Wildman–Crippen LogP) is 2.90. The van der Waals surface area contributed by atoms with Gasteiger partial charge in [-0.3, -0.25) is 4.68 Å². The molecule has 2 aliphatic rings. The van der Waals surface area contributed by atoms with Gasteiger partial charge in [0.1, 0.15) is 17.5 Å². The molecule has 0 fully saturated rings. The van der Waals surface area contributed by atoms with Crippen LogP contribution in [0.25, 0.3) is 22.5 Å². The molecule has 1 aromatic carbocycles. The van der Waals surface area contributed by atoms with Crippen LogP contribution in [0.2, 0.25) is 0 Å². The Hall–Kier alpha value is -3.28. The number of fused-ring (bicyclic) bond motifs is 4. The number of pyridine rings is 1. The van der Waals surface area contributed by atoms with Crippen molar-refractivity contribution in [2.75, 3.05) is 26.5 Å². The zero-order valence-electron chi connectivity index (χ0n) is 17.4. The monoisotopic (exact) mass is 438 g/mol. The van der Waals surface area contributed by atoms with Crippen LogP contribution < -0.4 is 20.5 Å². The number of methoxy groups -OCH3 is 2. The van der Waals surface area contributed by atoms with Gasteiger partial charge in [0.15, 0.2) is 11.5 Å². The van der Waals surface area contributed by atoms with Crippen molar-refractivity contribution in [3.05, 3.63) is 40.6 Å². The highest BCUT2D eigenvalue weighted by molar-refractivity contribution is 5.88. The normalized spacial score (nSPS) is 13.8. The van der Waals surface area contributed by atoms with Crippen LogP contribution in [-0.4, -0.2) is 35.5 Å². The Morgan fingerprint density at radius 2 is 1.97 bits per heavy atom. The smallest absolute Gasteiger partial charge is 0.161 e. The number of nitriles is 1. The number of nitrogens with one attached hydrogen (secondary N) is 1. The highest BCUT2D eigenvalue weighted by Gasteiger charge is 2.30. The molecule has 3 aromatic rings. The van der Waals surface area contributed by atoms with E-state index in [1.54, 1.807) is 14.2 Å². The van der Waals surface area contributed by atoms with Crippen LogP contribution in [0.4, 0.5) is 5.82 Å². The van der Waals surface area contributed by atoms with Crippen molar-refractivity contribution < 1.29 is 9.47 Å². The van der Waals surface area contributed by atoms with Gasteiger partial charge < -0.3 is 20.5 Å². The van der Waals surface area contributed by atoms with Crippen molar-refractivity contribution in [3.8, 4) is 40.1 Å². The number of ether oxygens (including phenoxy) is 2. The molecule has 0 bridgehead atoms. The molecule has 1 aliphatic carbocycles. The van der Waals surface area contributed by atoms with Gasteiger partial charge in [-0.2, -0.15) is 10.4 Å². The standard InChI is InChI=1S/C22H22N6O2.ClH/c1-29-18-7-12-6-15-20(17-8-13-11-25-4-3-5-28(13)27-17)16(10-23)22(24)26-21(15)14(12)9-19(18)30-2;/h7-9,25H,3-6,11H2,1-2H3,(H2,24,26);1H. The molecule has 3 heterocycles. The maximum absolute atomic E-state index is 9.86. The molecule has 8 nitrogen and oxygen atoms in total. The number of halogens is 1. The second kappa shape index (κ2) is 8.10. The van der Waals surface area contributed by atoms with Gasteiger partial charge in [-0.05, 0) is 42.3 Å². The van der Waals surface area contributed by atoms with Crippen LogP contribution >= 0.6 is 12.4 Å². The molecule has 5 rings (SSSR count). The lowest BCUT2D eigenvalue weighted by molar-refractivity contribution is 0.355. The van der Waals surface area contributed by atoms with E-state index >= 15 is 0 Å². The molecule has 0 spiro atoms. The summed E-state index contributed by atoms with van der Waals surface area (Å²) in [4.78, 5) is 4.59. The Balaban J connectivity index is 0.00000231. The molecular weight excluding hydrogens is 416 g/mol. The van der Waals surface area contributed by atoms with Crippen molar-refractivity contribution in [2.24, 2.45) is 0 Å². The molecule has 0 saturated carbocycles. The van der Waals surface area contributed by atoms with Gasteiger partial charge in [0.2, 0.25) is 0 Å². The van der Waals surface area contributed by atoms with Crippen LogP contribution in [0.3, 0.4) is 0 Å². The number of hydrogen-bond donors (Lipinski definition) is 2. The van der Waals surface area contributed by atoms with E-state index in [1.165, 1.54) is 0 Å². The van der Waals surface area contributed by atoms with E-state index < -0.39 is 0 Å². The number of anilines is 1. The summed E-state index contributed by atoms with van der Waals surface area (Å²) in [6.45, 7) is 2.58. The third kappa shape index (κ3) is 3.26. The van der Waals surface area contributed by atoms with E-state index in [4.69, 9.17) is 20.3 Å². The largest absolute Gasteiger partial charge is 0.493 e. The van der Waals surface area contributed by atoms with Gasteiger partial charge in [0.05, 0.1) is 31.3 Å². The number of aryl methyl sites for hydroxylation is 1. The van der Waals surface area contributed by atoms with Crippen molar-refractivity contribution in [1.29, 1.82) is 5.26 Å². The molecule has 0 radical (unpaired) electrons. The summed E-state index contributed by atoms with van der Waals surface area (Å²) in [5, 5.41) is 18.1. The summed E-state index contributed by atoms with van der Waals surface area (Å²) in [7, 11) is 3.23. The fourth-order valence-corrected chi connectivity index (χ4v) is 4.39. The van der Waals surface area contributed by atoms with Gasteiger partial charge in [-0.1, -0.05) is 0 Å². The zero-order chi connectivity index (χ0) is 20.8. The summed E-state index contributed by atoms with van der Waals surface area (Å²) in [6.07, 6.45) is 1.64. The predicted molar refractivity (Wildman–Crippen MR) is 120 cm³/mol. The highest BCUT2D eigenvalue weighted by atomic mass is 35.5. The summed E-state index contributed by atoms with van der Waals surface area (Å²) in [6, 6.07) is 8.20. The van der Waals surface area contributed by atoms with E-state index in [2.05, 4.69) is 22.4 Å². The summed E-state index contributed by atoms with van der Waals surface area (Å²) in [5.41, 5.74) is 13.0. The van der Waals surface area contributed by atoms with Crippen LogP contribution in [-0.2, 0) is 19.5 Å². The molecule has 160 valence electrons. The van der Waals surface area contributed by atoms with E-state index in [9.17, 15) is 5.26 Å². The molecule has 31 heavy (non-hydrogen) atoms. The average molecular weight is 439 g/mol. The summed E-state index contributed by atoms with van der Waals surface area (Å²) >= 11 is 0. The molecule has 0 saturated heterocycles. The maximum Gasteiger partial charge on any atom is 0.161 e. The van der Waals surface area contributed by atoms with E-state index in [0.29, 0.717) is 23.5 Å². The van der Waals surface area contributed by atoms with Gasteiger partial charge in [-0.25, -0.2) is 4.98 Å². The first kappa shape index (κ1) is 21.0. The lowest BCUT2D eigenvalue weighted by Gasteiger charge is -2.11. The van der Waals surface area contributed by atoms with E-state index in [-0.39, 0.29) is 18.2 Å². The second-order valence-electron chi connectivity index (χ2n) is 7.50. The quantitative estimate of drug-likeness (QED) is 0.505. The second-order valence-corrected chi connectivity index (χ2v) is 7.50. The first-order valence-corrected chi connectivity index (χ1v) is 9.90. The number of hydrogen-bond acceptors (Lipinski definition) is 7. The first-order valence-electron chi connectivity index (χ1n) is 9.90. The van der Waals surface area contributed by atoms with Gasteiger partial charge in [0, 0.05) is 30.6 Å². The van der Waals surface area contributed by atoms with Crippen LogP contribution in [0.15, 0.2) is 18.2 Å². The minimum Gasteiger partial charge on any atom is -0.493 e. The Labute approximate surface area is 186 Å². The number of nitrogen functional groups attached to an aromatic ring is 1. The minimum absolute atomic E-state index is 0. The topological polar surface area (TPSA) is 111 Å². The molecule has 0 unspecified atom stereocenters. The molecule has 2 aromatic heterocycles. The van der Waals surface area contributed by atoms with Crippen LogP contribution in [0, 0.1) is 11.3 Å². The summed E-state index contributed by atoms with van der Waals surface area (Å²) in [5.74, 6) is 1.52. The third-order valence-corrected chi connectivity index (χ3v) is 5.82. The highest BCUT2D eigenvalue weighted by Crippen LogP contribution is 2.46. The maximum atomic E-state index is 9.86. The lowest BCUT2D eigenvalue weighted by Crippen LogP contribution is -2.11. The Morgan fingerprint density at radius 3 is 2.71 bits per heavy atom. The fraction of sp³-hybridized carbons (Fsp3) is 0.318. The van der Waals surface area contributed by atoms with Crippen LogP contribution in [0.1, 0.15) is 28.8 Å². The Kier molecular flexibility index (Phi) is 5.48. The van der Waals surface area contributed by atoms with Crippen molar-refractivity contribution in [3.63, 3.8) is 0 Å². The molecule has 1 aliphatic heterocycles. The number of nitrogens with zero attached hydrogens (tertiary/aromatic N) is 4.